The lowest BCUT2D eigenvalue weighted by Gasteiger charge is -2.28. The van der Waals surface area contributed by atoms with Crippen molar-refractivity contribution in [3.63, 3.8) is 0 Å². The van der Waals surface area contributed by atoms with Crippen LogP contribution in [0.3, 0.4) is 0 Å². The average Bonchev–Trinajstić information content (AvgIpc) is 2.69. The third-order valence-electron chi connectivity index (χ3n) is 4.89. The molecule has 0 unspecified atom stereocenters. The molecule has 0 bridgehead atoms. The molecule has 1 heterocycles. The standard InChI is InChI=1S/C22H28N2O2/c1-3-26-21-13-9-18(10-14-21)17(2)23-22(25)19-7-11-20(12-8-19)24-15-5-4-6-16-24/h7-14,17H,3-6,15-16H2,1-2H3,(H,23,25)/t17-/m1/s1. The Hall–Kier alpha value is -2.49. The molecular formula is C22H28N2O2. The Kier molecular flexibility index (Phi) is 6.16. The molecule has 138 valence electrons. The maximum atomic E-state index is 12.5. The predicted octanol–water partition coefficient (Wildman–Crippen LogP) is 4.57. The number of carbonyl (C=O) groups is 1. The fourth-order valence-corrected chi connectivity index (χ4v) is 3.36. The molecule has 1 aliphatic heterocycles. The van der Waals surface area contributed by atoms with Gasteiger partial charge in [-0.05, 0) is 75.1 Å². The molecule has 1 saturated heterocycles. The number of piperidine rings is 1. The first-order valence-electron chi connectivity index (χ1n) is 9.56. The first kappa shape index (κ1) is 18.3. The fourth-order valence-electron chi connectivity index (χ4n) is 3.36. The topological polar surface area (TPSA) is 41.6 Å². The summed E-state index contributed by atoms with van der Waals surface area (Å²) in [5, 5.41) is 3.07. The van der Waals surface area contributed by atoms with Gasteiger partial charge in [-0.3, -0.25) is 4.79 Å². The Bertz CT molecular complexity index is 704. The normalized spacial score (nSPS) is 15.4. The number of carbonyl (C=O) groups excluding carboxylic acids is 1. The maximum Gasteiger partial charge on any atom is 0.251 e. The highest BCUT2D eigenvalue weighted by Gasteiger charge is 2.14. The van der Waals surface area contributed by atoms with E-state index in [1.807, 2.05) is 50.2 Å². The van der Waals surface area contributed by atoms with Crippen LogP contribution in [0, 0.1) is 0 Å². The number of hydrogen-bond donors (Lipinski definition) is 1. The molecular weight excluding hydrogens is 324 g/mol. The summed E-state index contributed by atoms with van der Waals surface area (Å²) in [5.41, 5.74) is 2.97. The highest BCUT2D eigenvalue weighted by atomic mass is 16.5. The van der Waals surface area contributed by atoms with Gasteiger partial charge in [0, 0.05) is 24.3 Å². The van der Waals surface area contributed by atoms with E-state index in [0.717, 1.165) is 24.4 Å². The van der Waals surface area contributed by atoms with E-state index in [1.165, 1.54) is 24.9 Å². The lowest BCUT2D eigenvalue weighted by Crippen LogP contribution is -2.29. The molecule has 0 saturated carbocycles. The summed E-state index contributed by atoms with van der Waals surface area (Å²) < 4.78 is 5.46. The van der Waals surface area contributed by atoms with Gasteiger partial charge in [-0.1, -0.05) is 12.1 Å². The molecule has 1 atom stereocenters. The number of benzene rings is 2. The predicted molar refractivity (Wildman–Crippen MR) is 106 cm³/mol. The molecule has 1 fully saturated rings. The average molecular weight is 352 g/mol. The van der Waals surface area contributed by atoms with Crippen molar-refractivity contribution in [1.82, 2.24) is 5.32 Å². The van der Waals surface area contributed by atoms with Crippen LogP contribution in [0.4, 0.5) is 5.69 Å². The lowest BCUT2D eigenvalue weighted by molar-refractivity contribution is 0.0940. The minimum absolute atomic E-state index is 0.0448. The zero-order chi connectivity index (χ0) is 18.4. The molecule has 1 N–H and O–H groups in total. The van der Waals surface area contributed by atoms with Crippen molar-refractivity contribution < 1.29 is 9.53 Å². The number of anilines is 1. The van der Waals surface area contributed by atoms with Gasteiger partial charge in [-0.15, -0.1) is 0 Å². The number of rotatable bonds is 6. The van der Waals surface area contributed by atoms with E-state index < -0.39 is 0 Å². The van der Waals surface area contributed by atoms with Crippen LogP contribution >= 0.6 is 0 Å². The number of amides is 1. The quantitative estimate of drug-likeness (QED) is 0.828. The zero-order valence-electron chi connectivity index (χ0n) is 15.7. The number of hydrogen-bond acceptors (Lipinski definition) is 3. The van der Waals surface area contributed by atoms with Crippen molar-refractivity contribution >= 4 is 11.6 Å². The van der Waals surface area contributed by atoms with Gasteiger partial charge in [0.05, 0.1) is 12.6 Å². The van der Waals surface area contributed by atoms with Gasteiger partial charge in [-0.2, -0.15) is 0 Å². The van der Waals surface area contributed by atoms with Crippen LogP contribution in [0.5, 0.6) is 5.75 Å². The number of nitrogens with zero attached hydrogens (tertiary/aromatic N) is 1. The Labute approximate surface area is 156 Å². The van der Waals surface area contributed by atoms with E-state index in [1.54, 1.807) is 0 Å². The van der Waals surface area contributed by atoms with Crippen molar-refractivity contribution in [3.8, 4) is 5.75 Å². The van der Waals surface area contributed by atoms with E-state index in [0.29, 0.717) is 12.2 Å². The zero-order valence-corrected chi connectivity index (χ0v) is 15.7. The second-order valence-electron chi connectivity index (χ2n) is 6.79. The first-order chi connectivity index (χ1) is 12.7. The van der Waals surface area contributed by atoms with Crippen LogP contribution in [-0.2, 0) is 0 Å². The van der Waals surface area contributed by atoms with Crippen LogP contribution in [0.15, 0.2) is 48.5 Å². The summed E-state index contributed by atoms with van der Waals surface area (Å²) in [5.74, 6) is 0.805. The van der Waals surface area contributed by atoms with Crippen molar-refractivity contribution in [1.29, 1.82) is 0 Å². The SMILES string of the molecule is CCOc1ccc([C@@H](C)NC(=O)c2ccc(N3CCCCC3)cc2)cc1. The van der Waals surface area contributed by atoms with E-state index in [9.17, 15) is 4.79 Å². The van der Waals surface area contributed by atoms with Crippen LogP contribution in [0.25, 0.3) is 0 Å². The highest BCUT2D eigenvalue weighted by molar-refractivity contribution is 5.94. The third-order valence-corrected chi connectivity index (χ3v) is 4.89. The first-order valence-corrected chi connectivity index (χ1v) is 9.56. The van der Waals surface area contributed by atoms with E-state index in [4.69, 9.17) is 4.74 Å². The Balaban J connectivity index is 1.59. The molecule has 2 aromatic carbocycles. The number of nitrogens with one attached hydrogen (secondary N) is 1. The van der Waals surface area contributed by atoms with Gasteiger partial charge in [0.15, 0.2) is 0 Å². The lowest BCUT2D eigenvalue weighted by atomic mass is 10.1. The van der Waals surface area contributed by atoms with Gasteiger partial charge in [0.2, 0.25) is 0 Å². The monoisotopic (exact) mass is 352 g/mol. The minimum atomic E-state index is -0.0556. The summed E-state index contributed by atoms with van der Waals surface area (Å²) >= 11 is 0. The second kappa shape index (κ2) is 8.75. The van der Waals surface area contributed by atoms with Crippen molar-refractivity contribution in [2.75, 3.05) is 24.6 Å². The molecule has 4 nitrogen and oxygen atoms in total. The van der Waals surface area contributed by atoms with Crippen LogP contribution in [-0.4, -0.2) is 25.6 Å². The molecule has 2 aromatic rings. The summed E-state index contributed by atoms with van der Waals surface area (Å²) in [6, 6.07) is 15.8. The molecule has 26 heavy (non-hydrogen) atoms. The molecule has 3 rings (SSSR count). The van der Waals surface area contributed by atoms with Crippen LogP contribution in [0.2, 0.25) is 0 Å². The Morgan fingerprint density at radius 1 is 1.04 bits per heavy atom. The number of ether oxygens (including phenoxy) is 1. The molecule has 0 aliphatic carbocycles. The summed E-state index contributed by atoms with van der Waals surface area (Å²) in [6.45, 7) is 6.84. The Morgan fingerprint density at radius 3 is 2.31 bits per heavy atom. The summed E-state index contributed by atoms with van der Waals surface area (Å²) in [6.07, 6.45) is 3.82. The van der Waals surface area contributed by atoms with Crippen molar-refractivity contribution in [3.05, 3.63) is 59.7 Å². The summed E-state index contributed by atoms with van der Waals surface area (Å²) in [4.78, 5) is 14.9. The Morgan fingerprint density at radius 2 is 1.69 bits per heavy atom. The van der Waals surface area contributed by atoms with Gasteiger partial charge in [0.1, 0.15) is 5.75 Å². The molecule has 0 spiro atoms. The second-order valence-corrected chi connectivity index (χ2v) is 6.79. The van der Waals surface area contributed by atoms with E-state index in [2.05, 4.69) is 22.3 Å². The van der Waals surface area contributed by atoms with Gasteiger partial charge in [0.25, 0.3) is 5.91 Å². The minimum Gasteiger partial charge on any atom is -0.494 e. The summed E-state index contributed by atoms with van der Waals surface area (Å²) in [7, 11) is 0. The molecule has 1 amide bonds. The smallest absolute Gasteiger partial charge is 0.251 e. The van der Waals surface area contributed by atoms with Crippen molar-refractivity contribution in [2.24, 2.45) is 0 Å². The largest absolute Gasteiger partial charge is 0.494 e. The molecule has 4 heteroatoms. The van der Waals surface area contributed by atoms with Gasteiger partial charge >= 0.3 is 0 Å². The van der Waals surface area contributed by atoms with E-state index in [-0.39, 0.29) is 11.9 Å². The molecule has 0 radical (unpaired) electrons. The van der Waals surface area contributed by atoms with E-state index >= 15 is 0 Å². The van der Waals surface area contributed by atoms with Crippen LogP contribution in [0.1, 0.15) is 55.1 Å². The maximum absolute atomic E-state index is 12.5. The van der Waals surface area contributed by atoms with Gasteiger partial charge in [-0.25, -0.2) is 0 Å². The third kappa shape index (κ3) is 4.57. The van der Waals surface area contributed by atoms with Crippen molar-refractivity contribution in [2.45, 2.75) is 39.2 Å². The fraction of sp³-hybridized carbons (Fsp3) is 0.409. The molecule has 1 aliphatic rings. The van der Waals surface area contributed by atoms with Gasteiger partial charge < -0.3 is 15.0 Å². The highest BCUT2D eigenvalue weighted by Crippen LogP contribution is 2.21. The molecule has 0 aromatic heterocycles. The van der Waals surface area contributed by atoms with Crippen LogP contribution < -0.4 is 15.0 Å².